The molecule has 14 nitrogen and oxygen atoms in total. The van der Waals surface area contributed by atoms with E-state index in [1.54, 1.807) is 0 Å². The quantitative estimate of drug-likeness (QED) is 0.0670. The molecular formula is C33H44O14. The van der Waals surface area contributed by atoms with Gasteiger partial charge in [-0.1, -0.05) is 0 Å². The molecule has 3 N–H and O–H groups in total. The molecule has 12 atom stereocenters. The second-order valence-electron chi connectivity index (χ2n) is 14.9. The number of aliphatic carboxylic acids is 3. The Morgan fingerprint density at radius 3 is 1.47 bits per heavy atom. The maximum absolute atomic E-state index is 13.4. The Bertz CT molecular complexity index is 1190. The minimum Gasteiger partial charge on any atom is -0.481 e. The van der Waals surface area contributed by atoms with E-state index >= 15 is 0 Å². The van der Waals surface area contributed by atoms with E-state index in [2.05, 4.69) is 0 Å². The predicted molar refractivity (Wildman–Crippen MR) is 155 cm³/mol. The van der Waals surface area contributed by atoms with Crippen LogP contribution in [0.2, 0.25) is 0 Å². The topological polar surface area (TPSA) is 209 Å². The number of rotatable bonds is 17. The zero-order chi connectivity index (χ0) is 33.5. The Balaban J connectivity index is 1.15. The molecule has 260 valence electrons. The highest BCUT2D eigenvalue weighted by molar-refractivity contribution is 5.83. The molecule has 0 spiro atoms. The molecule has 6 bridgehead atoms. The van der Waals surface area contributed by atoms with Crippen LogP contribution in [0.5, 0.6) is 0 Å². The van der Waals surface area contributed by atoms with Crippen molar-refractivity contribution >= 4 is 36.3 Å². The summed E-state index contributed by atoms with van der Waals surface area (Å²) >= 11 is 0. The molecule has 0 radical (unpaired) electrons. The zero-order valence-electron chi connectivity index (χ0n) is 26.2. The second kappa shape index (κ2) is 13.7. The fourth-order valence-electron chi connectivity index (χ4n) is 10.3. The van der Waals surface area contributed by atoms with Crippen LogP contribution in [0, 0.1) is 70.5 Å². The van der Waals surface area contributed by atoms with Gasteiger partial charge in [0.15, 0.2) is 0 Å². The molecule has 6 aliphatic rings. The third-order valence-corrected chi connectivity index (χ3v) is 12.3. The minimum absolute atomic E-state index is 0.0439. The van der Waals surface area contributed by atoms with E-state index in [4.69, 9.17) is 23.7 Å². The van der Waals surface area contributed by atoms with Crippen molar-refractivity contribution in [2.24, 2.45) is 70.5 Å². The van der Waals surface area contributed by atoms with Crippen molar-refractivity contribution in [1.29, 1.82) is 0 Å². The molecule has 0 heterocycles. The number of carbonyl (C=O) groups is 6. The third kappa shape index (κ3) is 6.47. The zero-order valence-corrected chi connectivity index (χ0v) is 26.2. The molecule has 6 aliphatic carbocycles. The number of fused-ring (bicyclic) bond motifs is 6. The normalized spacial score (nSPS) is 39.0. The molecule has 6 saturated carbocycles. The largest absolute Gasteiger partial charge is 0.481 e. The number of carboxylic acids is 3. The number of carbonyl (C=O) groups excluding carboxylic acids is 3. The number of esters is 2. The number of ether oxygens (including phenoxy) is 5. The summed E-state index contributed by atoms with van der Waals surface area (Å²) in [6.45, 7) is -1.72. The fourth-order valence-corrected chi connectivity index (χ4v) is 10.3. The summed E-state index contributed by atoms with van der Waals surface area (Å²) in [5.74, 6) is -8.77. The minimum atomic E-state index is -1.44. The van der Waals surface area contributed by atoms with Crippen molar-refractivity contribution in [2.75, 3.05) is 33.2 Å². The molecular weight excluding hydrogens is 620 g/mol. The lowest BCUT2D eigenvalue weighted by Gasteiger charge is -2.34. The predicted octanol–water partition coefficient (Wildman–Crippen LogP) is 2.22. The molecule has 6 rings (SSSR count). The van der Waals surface area contributed by atoms with Crippen molar-refractivity contribution in [3.05, 3.63) is 0 Å². The molecule has 14 heteroatoms. The van der Waals surface area contributed by atoms with Crippen LogP contribution in [0.4, 0.5) is 0 Å². The van der Waals surface area contributed by atoms with Gasteiger partial charge >= 0.3 is 29.8 Å². The van der Waals surface area contributed by atoms with Crippen molar-refractivity contribution in [3.63, 3.8) is 0 Å². The second-order valence-corrected chi connectivity index (χ2v) is 14.9. The first-order valence-electron chi connectivity index (χ1n) is 16.8. The van der Waals surface area contributed by atoms with Crippen molar-refractivity contribution < 1.29 is 67.8 Å². The van der Waals surface area contributed by atoms with Gasteiger partial charge in [-0.15, -0.1) is 0 Å². The van der Waals surface area contributed by atoms with E-state index in [0.717, 1.165) is 44.9 Å². The van der Waals surface area contributed by atoms with Gasteiger partial charge in [0.1, 0.15) is 26.6 Å². The highest BCUT2D eigenvalue weighted by Gasteiger charge is 2.57. The summed E-state index contributed by atoms with van der Waals surface area (Å²) in [5.41, 5.74) is -1.44. The van der Waals surface area contributed by atoms with Crippen molar-refractivity contribution in [3.8, 4) is 0 Å². The Hall–Kier alpha value is -3.26. The average Bonchev–Trinajstić information content (AvgIpc) is 3.90. The van der Waals surface area contributed by atoms with Crippen LogP contribution in [0.3, 0.4) is 0 Å². The average molecular weight is 665 g/mol. The summed E-state index contributed by atoms with van der Waals surface area (Å²) in [7, 11) is 0. The first kappa shape index (κ1) is 33.6. The summed E-state index contributed by atoms with van der Waals surface area (Å²) in [4.78, 5) is 74.2. The fraction of sp³-hybridized carbons (Fsp3) is 0.818. The summed E-state index contributed by atoms with van der Waals surface area (Å²) in [5, 5.41) is 29.4. The summed E-state index contributed by atoms with van der Waals surface area (Å²) < 4.78 is 28.3. The number of carboxylic acid groups (broad SMARTS) is 3. The van der Waals surface area contributed by atoms with Crippen LogP contribution in [0.1, 0.15) is 57.8 Å². The molecule has 0 amide bonds. The van der Waals surface area contributed by atoms with Gasteiger partial charge in [-0.2, -0.15) is 0 Å². The van der Waals surface area contributed by atoms with Crippen LogP contribution in [0.15, 0.2) is 0 Å². The third-order valence-electron chi connectivity index (χ3n) is 12.3. The van der Waals surface area contributed by atoms with Crippen LogP contribution in [-0.4, -0.2) is 91.0 Å². The molecule has 0 aliphatic heterocycles. The molecule has 12 unspecified atom stereocenters. The van der Waals surface area contributed by atoms with Gasteiger partial charge in [-0.05, 0) is 93.3 Å². The molecule has 0 saturated heterocycles. The highest BCUT2D eigenvalue weighted by atomic mass is 16.7. The van der Waals surface area contributed by atoms with E-state index in [1.807, 2.05) is 0 Å². The molecule has 47 heavy (non-hydrogen) atoms. The van der Waals surface area contributed by atoms with Crippen LogP contribution >= 0.6 is 0 Å². The lowest BCUT2D eigenvalue weighted by molar-refractivity contribution is -0.185. The van der Waals surface area contributed by atoms with Gasteiger partial charge in [-0.3, -0.25) is 28.8 Å². The van der Waals surface area contributed by atoms with Gasteiger partial charge < -0.3 is 39.0 Å². The lowest BCUT2D eigenvalue weighted by atomic mass is 9.79. The molecule has 0 aromatic heterocycles. The lowest BCUT2D eigenvalue weighted by Crippen LogP contribution is -2.46. The van der Waals surface area contributed by atoms with Gasteiger partial charge in [0.05, 0.1) is 47.7 Å². The Morgan fingerprint density at radius 2 is 1.00 bits per heavy atom. The van der Waals surface area contributed by atoms with Crippen molar-refractivity contribution in [2.45, 2.75) is 63.9 Å². The SMILES string of the molecule is O=COCC(COCOC1C2CCC(C2)C1C(=O)O)(COC(=O)C1C2CCC(C2)C1C(=O)O)COC(=O)C1C2CCC(C2)C1C(=O)O. The van der Waals surface area contributed by atoms with Gasteiger partial charge in [-0.25, -0.2) is 0 Å². The first-order valence-corrected chi connectivity index (χ1v) is 16.8. The van der Waals surface area contributed by atoms with E-state index in [1.165, 1.54) is 0 Å². The smallest absolute Gasteiger partial charge is 0.310 e. The van der Waals surface area contributed by atoms with Crippen LogP contribution in [0.25, 0.3) is 0 Å². The Morgan fingerprint density at radius 1 is 0.574 bits per heavy atom. The van der Waals surface area contributed by atoms with E-state index in [9.17, 15) is 44.1 Å². The van der Waals surface area contributed by atoms with Gasteiger partial charge in [0.2, 0.25) is 0 Å². The molecule has 6 fully saturated rings. The van der Waals surface area contributed by atoms with Crippen LogP contribution in [-0.2, 0) is 52.5 Å². The van der Waals surface area contributed by atoms with Crippen molar-refractivity contribution in [1.82, 2.24) is 0 Å². The maximum Gasteiger partial charge on any atom is 0.310 e. The molecule has 0 aromatic rings. The number of hydrogen-bond acceptors (Lipinski definition) is 11. The van der Waals surface area contributed by atoms with Gasteiger partial charge in [0.25, 0.3) is 6.47 Å². The Labute approximate surface area is 271 Å². The van der Waals surface area contributed by atoms with Gasteiger partial charge in [0, 0.05) is 0 Å². The summed E-state index contributed by atoms with van der Waals surface area (Å²) in [6.07, 6.45) is 6.11. The van der Waals surface area contributed by atoms with E-state index in [0.29, 0.717) is 12.8 Å². The maximum atomic E-state index is 13.4. The molecule has 0 aromatic carbocycles. The van der Waals surface area contributed by atoms with Crippen LogP contribution < -0.4 is 0 Å². The summed E-state index contributed by atoms with van der Waals surface area (Å²) in [6, 6.07) is 0. The highest BCUT2D eigenvalue weighted by Crippen LogP contribution is 2.54. The standard InChI is InChI=1S/C33H44O14/c34-14-43-10-33(11-44-15-47-27-21-6-5-20(9-21)26(27)30(39)40,12-45-31(41)24-18-3-1-16(7-18)22(24)28(35)36)13-46-32(42)25-19-4-2-17(8-19)23(25)29(37)38/h14,16-27H,1-13,15H2,(H,35,36)(H,37,38)(H,39,40). The number of hydrogen-bond donors (Lipinski definition) is 3. The first-order chi connectivity index (χ1) is 22.5. The monoisotopic (exact) mass is 664 g/mol. The van der Waals surface area contributed by atoms with E-state index < -0.39 is 90.8 Å². The van der Waals surface area contributed by atoms with E-state index in [-0.39, 0.29) is 55.4 Å². The Kier molecular flexibility index (Phi) is 9.80.